The van der Waals surface area contributed by atoms with Crippen molar-refractivity contribution in [3.05, 3.63) is 91.4 Å². The zero-order valence-electron chi connectivity index (χ0n) is 27.1. The minimum atomic E-state index is -4.48. The van der Waals surface area contributed by atoms with Crippen LogP contribution >= 0.6 is 23.2 Å². The fraction of sp³-hybridized carbons (Fsp3) is 0.424. The minimum absolute atomic E-state index is 0.0112. The van der Waals surface area contributed by atoms with Gasteiger partial charge in [0, 0.05) is 77.6 Å². The van der Waals surface area contributed by atoms with Gasteiger partial charge < -0.3 is 29.7 Å². The van der Waals surface area contributed by atoms with E-state index in [4.69, 9.17) is 27.9 Å². The molecule has 0 bridgehead atoms. The molecule has 3 fully saturated rings. The van der Waals surface area contributed by atoms with E-state index < -0.39 is 28.4 Å². The first kappa shape index (κ1) is 38.2. The van der Waals surface area contributed by atoms with Gasteiger partial charge >= 0.3 is 12.4 Å². The SMILES string of the molecule is FC(F)(F)c1ccc(N2CCNCC2)c(Cl)c1.O=C(c1cc([N+](=O)[O-])ccc1N1CCOCC1)N1CCN(c2ccc(C(F)(F)F)cc2Cl)CC1. The lowest BCUT2D eigenvalue weighted by Gasteiger charge is -2.37. The summed E-state index contributed by atoms with van der Waals surface area (Å²) in [5, 5.41) is 14.6. The van der Waals surface area contributed by atoms with Gasteiger partial charge in [0.2, 0.25) is 0 Å². The molecule has 3 aliphatic rings. The highest BCUT2D eigenvalue weighted by molar-refractivity contribution is 6.33. The second-order valence-electron chi connectivity index (χ2n) is 11.9. The lowest BCUT2D eigenvalue weighted by molar-refractivity contribution is -0.384. The molecular weight excluding hydrogens is 729 g/mol. The van der Waals surface area contributed by atoms with E-state index in [1.54, 1.807) is 11.0 Å². The molecule has 0 aliphatic carbocycles. The number of morpholine rings is 1. The van der Waals surface area contributed by atoms with Crippen molar-refractivity contribution in [1.29, 1.82) is 0 Å². The summed E-state index contributed by atoms with van der Waals surface area (Å²) in [6.45, 7) is 6.58. The third kappa shape index (κ3) is 9.47. The van der Waals surface area contributed by atoms with Crippen molar-refractivity contribution < 1.29 is 40.8 Å². The standard InChI is InChI=1S/C22H22ClF3N4O4.C11H12ClF3N2/c23-18-13-15(22(24,25)26)1-3-20(18)27-5-7-29(8-6-27)21(31)17-14-16(30(32)33)2-4-19(17)28-9-11-34-12-10-28;12-9-7-8(11(13,14)15)1-2-10(9)17-5-3-16-4-6-17/h1-4,13-14H,5-12H2;1-2,7,16H,3-6H2. The first-order chi connectivity index (χ1) is 24.1. The van der Waals surface area contributed by atoms with E-state index >= 15 is 0 Å². The van der Waals surface area contributed by atoms with E-state index in [1.807, 2.05) is 14.7 Å². The maximum Gasteiger partial charge on any atom is 0.416 e. The normalized spacial score (nSPS) is 17.2. The molecule has 3 aromatic rings. The number of carbonyl (C=O) groups excluding carboxylic acids is 1. The molecule has 1 N–H and O–H groups in total. The van der Waals surface area contributed by atoms with Gasteiger partial charge in [-0.2, -0.15) is 26.3 Å². The zero-order valence-corrected chi connectivity index (χ0v) is 28.6. The van der Waals surface area contributed by atoms with Crippen LogP contribution in [0.3, 0.4) is 0 Å². The number of nitrogens with zero attached hydrogens (tertiary/aromatic N) is 5. The average molecular weight is 764 g/mol. The van der Waals surface area contributed by atoms with Crippen molar-refractivity contribution in [1.82, 2.24) is 10.2 Å². The summed E-state index contributed by atoms with van der Waals surface area (Å²) in [7, 11) is 0. The van der Waals surface area contributed by atoms with Crippen LogP contribution in [0, 0.1) is 10.1 Å². The minimum Gasteiger partial charge on any atom is -0.378 e. The molecule has 276 valence electrons. The van der Waals surface area contributed by atoms with E-state index in [9.17, 15) is 41.3 Å². The van der Waals surface area contributed by atoms with Gasteiger partial charge in [0.15, 0.2) is 0 Å². The number of hydrogen-bond donors (Lipinski definition) is 1. The molecule has 0 unspecified atom stereocenters. The number of nitrogens with one attached hydrogen (secondary N) is 1. The summed E-state index contributed by atoms with van der Waals surface area (Å²) in [5.41, 5.74) is 0.296. The van der Waals surface area contributed by atoms with Gasteiger partial charge in [-0.05, 0) is 42.5 Å². The number of ether oxygens (including phenoxy) is 1. The Hall–Kier alpha value is -3.99. The van der Waals surface area contributed by atoms with E-state index in [-0.39, 0.29) is 27.2 Å². The van der Waals surface area contributed by atoms with Crippen molar-refractivity contribution in [2.75, 3.05) is 93.4 Å². The Morgan fingerprint density at radius 3 is 1.63 bits per heavy atom. The lowest BCUT2D eigenvalue weighted by Crippen LogP contribution is -2.49. The van der Waals surface area contributed by atoms with Crippen LogP contribution < -0.4 is 20.0 Å². The van der Waals surface area contributed by atoms with Crippen LogP contribution in [-0.4, -0.2) is 94.4 Å². The van der Waals surface area contributed by atoms with E-state index in [0.29, 0.717) is 69.5 Å². The molecule has 3 aromatic carbocycles. The number of rotatable bonds is 5. The maximum absolute atomic E-state index is 13.4. The summed E-state index contributed by atoms with van der Waals surface area (Å²) in [5.74, 6) is -0.330. The Bertz CT molecular complexity index is 1710. The Balaban J connectivity index is 0.000000248. The number of alkyl halides is 6. The Labute approximate surface area is 299 Å². The van der Waals surface area contributed by atoms with E-state index in [1.165, 1.54) is 24.3 Å². The van der Waals surface area contributed by atoms with E-state index in [2.05, 4.69) is 5.32 Å². The summed E-state index contributed by atoms with van der Waals surface area (Å²) in [4.78, 5) is 31.5. The summed E-state index contributed by atoms with van der Waals surface area (Å²) < 4.78 is 81.5. The Kier molecular flexibility index (Phi) is 12.1. The number of benzene rings is 3. The van der Waals surface area contributed by atoms with Crippen molar-refractivity contribution in [3.63, 3.8) is 0 Å². The highest BCUT2D eigenvalue weighted by Gasteiger charge is 2.33. The second-order valence-corrected chi connectivity index (χ2v) is 12.7. The largest absolute Gasteiger partial charge is 0.416 e. The Morgan fingerprint density at radius 2 is 1.16 bits per heavy atom. The number of hydrogen-bond acceptors (Lipinski definition) is 8. The van der Waals surface area contributed by atoms with Crippen LogP contribution in [0.1, 0.15) is 21.5 Å². The number of non-ortho nitro benzene ring substituents is 1. The number of carbonyl (C=O) groups is 1. The summed E-state index contributed by atoms with van der Waals surface area (Å²) in [6, 6.07) is 11.0. The number of anilines is 3. The number of piperazine rings is 2. The predicted molar refractivity (Wildman–Crippen MR) is 182 cm³/mol. The highest BCUT2D eigenvalue weighted by Crippen LogP contribution is 2.37. The third-order valence-corrected chi connectivity index (χ3v) is 9.29. The van der Waals surface area contributed by atoms with Crippen molar-refractivity contribution in [2.45, 2.75) is 12.4 Å². The molecule has 3 aliphatic heterocycles. The van der Waals surface area contributed by atoms with Gasteiger partial charge in [0.05, 0.1) is 61.9 Å². The molecular formula is C33H34Cl2F6N6O4. The van der Waals surface area contributed by atoms with Gasteiger partial charge in [0.1, 0.15) is 0 Å². The van der Waals surface area contributed by atoms with Gasteiger partial charge in [0.25, 0.3) is 11.6 Å². The molecule has 10 nitrogen and oxygen atoms in total. The molecule has 0 atom stereocenters. The van der Waals surface area contributed by atoms with Crippen molar-refractivity contribution in [2.24, 2.45) is 0 Å². The number of nitro groups is 1. The summed E-state index contributed by atoms with van der Waals surface area (Å²) in [6.07, 6.45) is -8.82. The van der Waals surface area contributed by atoms with E-state index in [0.717, 1.165) is 50.4 Å². The van der Waals surface area contributed by atoms with Gasteiger partial charge in [-0.3, -0.25) is 14.9 Å². The quantitative estimate of drug-likeness (QED) is 0.172. The van der Waals surface area contributed by atoms with Crippen LogP contribution in [0.4, 0.5) is 49.1 Å². The topological polar surface area (TPSA) is 94.4 Å². The van der Waals surface area contributed by atoms with Crippen LogP contribution in [-0.2, 0) is 17.1 Å². The lowest BCUT2D eigenvalue weighted by atomic mass is 10.1. The molecule has 51 heavy (non-hydrogen) atoms. The first-order valence-electron chi connectivity index (χ1n) is 16.0. The molecule has 3 heterocycles. The monoisotopic (exact) mass is 762 g/mol. The van der Waals surface area contributed by atoms with Crippen molar-refractivity contribution >= 4 is 51.9 Å². The number of halogens is 8. The molecule has 0 saturated carbocycles. The van der Waals surface area contributed by atoms with Crippen LogP contribution in [0.25, 0.3) is 0 Å². The molecule has 0 aromatic heterocycles. The van der Waals surface area contributed by atoms with Gasteiger partial charge in [-0.1, -0.05) is 23.2 Å². The third-order valence-electron chi connectivity index (χ3n) is 8.69. The van der Waals surface area contributed by atoms with Gasteiger partial charge in [-0.15, -0.1) is 0 Å². The first-order valence-corrected chi connectivity index (χ1v) is 16.7. The fourth-order valence-electron chi connectivity index (χ4n) is 5.99. The second kappa shape index (κ2) is 16.1. The fourth-order valence-corrected chi connectivity index (χ4v) is 6.59. The van der Waals surface area contributed by atoms with Gasteiger partial charge in [-0.25, -0.2) is 0 Å². The molecule has 3 saturated heterocycles. The van der Waals surface area contributed by atoms with Crippen LogP contribution in [0.5, 0.6) is 0 Å². The average Bonchev–Trinajstić information content (AvgIpc) is 3.11. The van der Waals surface area contributed by atoms with Crippen LogP contribution in [0.15, 0.2) is 54.6 Å². The predicted octanol–water partition coefficient (Wildman–Crippen LogP) is 6.83. The molecule has 18 heteroatoms. The van der Waals surface area contributed by atoms with Crippen LogP contribution in [0.2, 0.25) is 10.0 Å². The molecule has 6 rings (SSSR count). The number of nitro benzene ring substituents is 1. The smallest absolute Gasteiger partial charge is 0.378 e. The Morgan fingerprint density at radius 1 is 0.686 bits per heavy atom. The zero-order chi connectivity index (χ0) is 36.9. The number of amides is 1. The van der Waals surface area contributed by atoms with Crippen molar-refractivity contribution in [3.8, 4) is 0 Å². The highest BCUT2D eigenvalue weighted by atomic mass is 35.5. The maximum atomic E-state index is 13.4. The molecule has 0 spiro atoms. The molecule has 0 radical (unpaired) electrons. The summed E-state index contributed by atoms with van der Waals surface area (Å²) >= 11 is 12.0. The molecule has 1 amide bonds.